The van der Waals surface area contributed by atoms with E-state index in [0.717, 1.165) is 42.4 Å². The van der Waals surface area contributed by atoms with Crippen LogP contribution >= 0.6 is 0 Å². The van der Waals surface area contributed by atoms with E-state index in [-0.39, 0.29) is 11.5 Å². The van der Waals surface area contributed by atoms with E-state index in [1.54, 1.807) is 0 Å². The van der Waals surface area contributed by atoms with Gasteiger partial charge in [-0.3, -0.25) is 4.79 Å². The van der Waals surface area contributed by atoms with Crippen molar-refractivity contribution >= 4 is 23.2 Å². The highest BCUT2D eigenvalue weighted by molar-refractivity contribution is 6.03. The molecule has 0 fully saturated rings. The van der Waals surface area contributed by atoms with Gasteiger partial charge in [-0.1, -0.05) is 12.1 Å². The Morgan fingerprint density at radius 3 is 2.72 bits per heavy atom. The van der Waals surface area contributed by atoms with Crippen molar-refractivity contribution in [3.05, 3.63) is 53.1 Å². The summed E-state index contributed by atoms with van der Waals surface area (Å²) in [6.07, 6.45) is 7.63. The van der Waals surface area contributed by atoms with Crippen molar-refractivity contribution in [2.75, 3.05) is 5.32 Å². The van der Waals surface area contributed by atoms with Crippen LogP contribution in [0.4, 0.5) is 10.5 Å². The number of carbonyl (C=O) groups excluding carboxylic acids is 2. The van der Waals surface area contributed by atoms with Gasteiger partial charge in [0.2, 0.25) is 0 Å². The summed E-state index contributed by atoms with van der Waals surface area (Å²) in [5.74, 6) is -0.351. The van der Waals surface area contributed by atoms with Crippen LogP contribution in [-0.4, -0.2) is 21.9 Å². The molecule has 8 heteroatoms. The number of anilines is 1. The second-order valence-corrected chi connectivity index (χ2v) is 7.56. The predicted molar refractivity (Wildman–Crippen MR) is 110 cm³/mol. The number of primary amides is 1. The third kappa shape index (κ3) is 4.63. The van der Waals surface area contributed by atoms with Gasteiger partial charge in [0.15, 0.2) is 5.82 Å². The number of nitrogens with one attached hydrogen (secondary N) is 3. The quantitative estimate of drug-likeness (QED) is 0.620. The summed E-state index contributed by atoms with van der Waals surface area (Å²) >= 11 is 0. The summed E-state index contributed by atoms with van der Waals surface area (Å²) in [6.45, 7) is 3.74. The van der Waals surface area contributed by atoms with Crippen molar-refractivity contribution in [2.24, 2.45) is 5.73 Å². The first-order valence-corrected chi connectivity index (χ1v) is 9.48. The van der Waals surface area contributed by atoms with E-state index in [1.165, 1.54) is 6.20 Å². The standard InChI is InChI=1S/C21H24N6O2/c1-21(2,27-20(23)29)14-8-9-17(16(10-14)13-6-4-3-5-7-13)26-19(28)18-24-12-15(11-22)25-18/h6,8-10,12H,3-5,7H2,1-2H3,(H,24,25)(H,26,28)(H3,23,27,29). The number of hydrogen-bond acceptors (Lipinski definition) is 4. The molecular formula is C21H24N6O2. The number of hydrogen-bond donors (Lipinski definition) is 4. The summed E-state index contributed by atoms with van der Waals surface area (Å²) < 4.78 is 0. The Morgan fingerprint density at radius 2 is 2.10 bits per heavy atom. The zero-order chi connectivity index (χ0) is 21.0. The first-order chi connectivity index (χ1) is 13.8. The number of imidazole rings is 1. The van der Waals surface area contributed by atoms with Crippen LogP contribution in [0.1, 0.15) is 67.0 Å². The highest BCUT2D eigenvalue weighted by Crippen LogP contribution is 2.35. The second kappa shape index (κ2) is 8.19. The van der Waals surface area contributed by atoms with Crippen LogP contribution < -0.4 is 16.4 Å². The minimum Gasteiger partial charge on any atom is -0.352 e. The van der Waals surface area contributed by atoms with E-state index in [4.69, 9.17) is 11.0 Å². The fourth-order valence-electron chi connectivity index (χ4n) is 3.45. The molecule has 0 atom stereocenters. The van der Waals surface area contributed by atoms with Gasteiger partial charge in [-0.05, 0) is 62.8 Å². The first kappa shape index (κ1) is 20.1. The van der Waals surface area contributed by atoms with Gasteiger partial charge in [0.1, 0.15) is 11.8 Å². The van der Waals surface area contributed by atoms with Gasteiger partial charge in [0.25, 0.3) is 5.91 Å². The molecule has 29 heavy (non-hydrogen) atoms. The van der Waals surface area contributed by atoms with Gasteiger partial charge in [-0.15, -0.1) is 0 Å². The van der Waals surface area contributed by atoms with E-state index in [0.29, 0.717) is 5.69 Å². The minimum absolute atomic E-state index is 0.0740. The largest absolute Gasteiger partial charge is 0.352 e. The molecular weight excluding hydrogens is 368 g/mol. The molecule has 1 aliphatic carbocycles. The van der Waals surface area contributed by atoms with Crippen LogP contribution in [0.15, 0.2) is 30.5 Å². The predicted octanol–water partition coefficient (Wildman–Crippen LogP) is 3.39. The number of H-pyrrole nitrogens is 1. The van der Waals surface area contributed by atoms with E-state index < -0.39 is 17.5 Å². The van der Waals surface area contributed by atoms with Crippen molar-refractivity contribution in [1.82, 2.24) is 15.3 Å². The molecule has 3 amide bonds. The summed E-state index contributed by atoms with van der Waals surface area (Å²) in [6, 6.07) is 6.96. The lowest BCUT2D eigenvalue weighted by atomic mass is 9.87. The molecule has 0 saturated heterocycles. The molecule has 150 valence electrons. The molecule has 8 nitrogen and oxygen atoms in total. The number of amides is 3. The molecule has 3 rings (SSSR count). The average molecular weight is 392 g/mol. The molecule has 0 saturated carbocycles. The van der Waals surface area contributed by atoms with Crippen LogP contribution in [0.25, 0.3) is 5.57 Å². The highest BCUT2D eigenvalue weighted by atomic mass is 16.2. The van der Waals surface area contributed by atoms with Gasteiger partial charge in [0.05, 0.1) is 11.7 Å². The summed E-state index contributed by atoms with van der Waals surface area (Å²) in [5.41, 5.74) is 8.46. The molecule has 5 N–H and O–H groups in total. The molecule has 1 aromatic heterocycles. The maximum atomic E-state index is 12.6. The van der Waals surface area contributed by atoms with Gasteiger partial charge >= 0.3 is 6.03 Å². The van der Waals surface area contributed by atoms with Crippen LogP contribution in [0.3, 0.4) is 0 Å². The number of nitriles is 1. The zero-order valence-corrected chi connectivity index (χ0v) is 16.5. The SMILES string of the molecule is CC(C)(NC(N)=O)c1ccc(NC(=O)c2ncc(C#N)[nH]2)c(C2=CCCCC2)c1. The third-order valence-electron chi connectivity index (χ3n) is 4.97. The third-order valence-corrected chi connectivity index (χ3v) is 4.97. The average Bonchev–Trinajstić information content (AvgIpc) is 3.17. The van der Waals surface area contributed by atoms with Crippen molar-refractivity contribution in [2.45, 2.75) is 45.1 Å². The maximum absolute atomic E-state index is 12.6. The molecule has 0 spiro atoms. The van der Waals surface area contributed by atoms with Crippen LogP contribution in [0, 0.1) is 11.3 Å². The summed E-state index contributed by atoms with van der Waals surface area (Å²) in [5, 5.41) is 14.5. The van der Waals surface area contributed by atoms with Crippen LogP contribution in [-0.2, 0) is 5.54 Å². The minimum atomic E-state index is -0.666. The van der Waals surface area contributed by atoms with Crippen LogP contribution in [0.5, 0.6) is 0 Å². The molecule has 0 radical (unpaired) electrons. The summed E-state index contributed by atoms with van der Waals surface area (Å²) in [4.78, 5) is 30.6. The van der Waals surface area contributed by atoms with Gasteiger partial charge in [-0.2, -0.15) is 5.26 Å². The molecule has 1 aromatic carbocycles. The van der Waals surface area contributed by atoms with Crippen molar-refractivity contribution < 1.29 is 9.59 Å². The Morgan fingerprint density at radius 1 is 1.31 bits per heavy atom. The number of allylic oxidation sites excluding steroid dienone is 2. The molecule has 2 aromatic rings. The Labute approximate surface area is 169 Å². The Hall–Kier alpha value is -3.60. The fraction of sp³-hybridized carbons (Fsp3) is 0.333. The monoisotopic (exact) mass is 392 g/mol. The molecule has 1 heterocycles. The number of urea groups is 1. The number of aromatic amines is 1. The van der Waals surface area contributed by atoms with Gasteiger partial charge in [0, 0.05) is 11.3 Å². The van der Waals surface area contributed by atoms with E-state index >= 15 is 0 Å². The van der Waals surface area contributed by atoms with Crippen molar-refractivity contribution in [1.29, 1.82) is 5.26 Å². The lowest BCUT2D eigenvalue weighted by molar-refractivity contribution is 0.101. The lowest BCUT2D eigenvalue weighted by Gasteiger charge is -2.28. The second-order valence-electron chi connectivity index (χ2n) is 7.56. The topological polar surface area (TPSA) is 137 Å². The van der Waals surface area contributed by atoms with Crippen LogP contribution in [0.2, 0.25) is 0 Å². The first-order valence-electron chi connectivity index (χ1n) is 9.48. The lowest BCUT2D eigenvalue weighted by Crippen LogP contribution is -2.44. The normalized spacial score (nSPS) is 13.9. The number of nitrogens with zero attached hydrogens (tertiary/aromatic N) is 2. The smallest absolute Gasteiger partial charge is 0.312 e. The molecule has 0 bridgehead atoms. The Balaban J connectivity index is 1.97. The Bertz CT molecular complexity index is 1010. The Kier molecular flexibility index (Phi) is 5.69. The van der Waals surface area contributed by atoms with E-state index in [1.807, 2.05) is 38.1 Å². The molecule has 1 aliphatic rings. The van der Waals surface area contributed by atoms with E-state index in [2.05, 4.69) is 26.7 Å². The number of aromatic nitrogens is 2. The van der Waals surface area contributed by atoms with Crippen molar-refractivity contribution in [3.63, 3.8) is 0 Å². The number of rotatable bonds is 5. The fourth-order valence-corrected chi connectivity index (χ4v) is 3.45. The maximum Gasteiger partial charge on any atom is 0.312 e. The molecule has 0 aliphatic heterocycles. The number of nitrogens with two attached hydrogens (primary N) is 1. The number of carbonyl (C=O) groups is 2. The summed E-state index contributed by atoms with van der Waals surface area (Å²) in [7, 11) is 0. The number of benzene rings is 1. The van der Waals surface area contributed by atoms with Crippen molar-refractivity contribution in [3.8, 4) is 6.07 Å². The van der Waals surface area contributed by atoms with E-state index in [9.17, 15) is 9.59 Å². The van der Waals surface area contributed by atoms with Gasteiger partial charge < -0.3 is 21.4 Å². The highest BCUT2D eigenvalue weighted by Gasteiger charge is 2.24. The van der Waals surface area contributed by atoms with Gasteiger partial charge in [-0.25, -0.2) is 9.78 Å². The molecule has 0 unspecified atom stereocenters. The zero-order valence-electron chi connectivity index (χ0n) is 16.5.